The van der Waals surface area contributed by atoms with Gasteiger partial charge in [-0.3, -0.25) is 4.79 Å². The van der Waals surface area contributed by atoms with Crippen LogP contribution in [0.3, 0.4) is 0 Å². The zero-order valence-corrected chi connectivity index (χ0v) is 13.4. The molecule has 128 valence electrons. The molecule has 0 saturated heterocycles. The number of rotatable bonds is 4. The first-order chi connectivity index (χ1) is 13.3. The van der Waals surface area contributed by atoms with E-state index in [1.807, 2.05) is 0 Å². The van der Waals surface area contributed by atoms with Gasteiger partial charge in [-0.05, 0) is 31.0 Å². The number of fused-ring (bicyclic) bond motifs is 1. The largest absolute Gasteiger partial charge is 0.481 e. The predicted octanol–water partition coefficient (Wildman–Crippen LogP) is 3.13. The van der Waals surface area contributed by atoms with Gasteiger partial charge in [-0.15, -0.1) is 0 Å². The van der Waals surface area contributed by atoms with Crippen molar-refractivity contribution in [1.82, 2.24) is 14.5 Å². The molecule has 1 N–H and O–H groups in total. The second-order valence-electron chi connectivity index (χ2n) is 5.97. The summed E-state index contributed by atoms with van der Waals surface area (Å²) in [5.74, 6) is -0.262. The van der Waals surface area contributed by atoms with E-state index in [0.717, 1.165) is 23.6 Å². The smallest absolute Gasteiger partial charge is 0.228 e. The van der Waals surface area contributed by atoms with E-state index in [-0.39, 0.29) is 29.0 Å². The molecule has 3 heterocycles. The lowest BCUT2D eigenvalue weighted by Crippen LogP contribution is -2.14. The Morgan fingerprint density at radius 2 is 2.20 bits per heavy atom. The zero-order valence-electron chi connectivity index (χ0n) is 16.4. The Hall–Kier alpha value is -2.96. The van der Waals surface area contributed by atoms with Crippen molar-refractivity contribution in [2.24, 2.45) is 12.9 Å². The average Bonchev–Trinajstić information content (AvgIpc) is 3.41. The highest BCUT2D eigenvalue weighted by molar-refractivity contribution is 5.96. The van der Waals surface area contributed by atoms with E-state index in [2.05, 4.69) is 15.3 Å². The van der Waals surface area contributed by atoms with Gasteiger partial charge in [0.2, 0.25) is 11.8 Å². The van der Waals surface area contributed by atoms with Crippen LogP contribution in [0.5, 0.6) is 5.88 Å². The number of halogens is 1. The van der Waals surface area contributed by atoms with E-state index in [1.165, 1.54) is 19.4 Å². The number of pyridine rings is 2. The standard InChI is InChI=1S/C18H17FN4O2/c1-23-14(13-7-12(19)8-21-18(13)25-2)5-11-6-16(20-9-15(11)23)22-17(24)10-3-4-10/h5-10H,3-4H2,1-2H3,(H,20,22,24)/i1D3. The van der Waals surface area contributed by atoms with Crippen LogP contribution in [0.15, 0.2) is 30.6 Å². The number of nitrogens with one attached hydrogen (secondary N) is 1. The number of anilines is 1. The summed E-state index contributed by atoms with van der Waals surface area (Å²) in [6, 6.07) is 4.36. The maximum absolute atomic E-state index is 13.8. The van der Waals surface area contributed by atoms with Crippen LogP contribution in [0.1, 0.15) is 17.0 Å². The Bertz CT molecular complexity index is 1080. The molecule has 1 aliphatic carbocycles. The number of hydrogen-bond acceptors (Lipinski definition) is 4. The van der Waals surface area contributed by atoms with Gasteiger partial charge in [0.25, 0.3) is 0 Å². The molecule has 6 nitrogen and oxygen atoms in total. The zero-order chi connectivity index (χ0) is 20.1. The monoisotopic (exact) mass is 343 g/mol. The molecule has 0 unspecified atom stereocenters. The minimum Gasteiger partial charge on any atom is -0.481 e. The van der Waals surface area contributed by atoms with Crippen LogP contribution in [0, 0.1) is 11.7 Å². The van der Waals surface area contributed by atoms with Crippen LogP contribution in [0.2, 0.25) is 0 Å². The lowest BCUT2D eigenvalue weighted by atomic mass is 10.2. The summed E-state index contributed by atoms with van der Waals surface area (Å²) in [5, 5.41) is 3.28. The number of aromatic nitrogens is 3. The number of carbonyl (C=O) groups excluding carboxylic acids is 1. The Morgan fingerprint density at radius 3 is 2.92 bits per heavy atom. The number of aryl methyl sites for hydroxylation is 1. The summed E-state index contributed by atoms with van der Waals surface area (Å²) in [4.78, 5) is 20.0. The number of nitrogens with zero attached hydrogens (tertiary/aromatic N) is 3. The van der Waals surface area contributed by atoms with Crippen molar-refractivity contribution in [3.63, 3.8) is 0 Å². The van der Waals surface area contributed by atoms with Gasteiger partial charge in [-0.2, -0.15) is 0 Å². The second kappa shape index (κ2) is 5.84. The third-order valence-corrected chi connectivity index (χ3v) is 4.17. The van der Waals surface area contributed by atoms with Gasteiger partial charge >= 0.3 is 0 Å². The lowest BCUT2D eigenvalue weighted by molar-refractivity contribution is -0.117. The van der Waals surface area contributed by atoms with E-state index in [0.29, 0.717) is 16.7 Å². The molecule has 1 aliphatic rings. The van der Waals surface area contributed by atoms with E-state index in [1.54, 1.807) is 12.1 Å². The van der Waals surface area contributed by atoms with Gasteiger partial charge < -0.3 is 14.6 Å². The summed E-state index contributed by atoms with van der Waals surface area (Å²) >= 11 is 0. The molecule has 3 aromatic rings. The quantitative estimate of drug-likeness (QED) is 0.790. The maximum Gasteiger partial charge on any atom is 0.228 e. The SMILES string of the molecule is [2H]C([2H])([2H])n1c(-c2cc(F)cnc2OC)cc2cc(NC(=O)C3CC3)ncc21. The molecule has 1 amide bonds. The molecule has 0 atom stereocenters. The molecule has 0 spiro atoms. The van der Waals surface area contributed by atoms with E-state index in [4.69, 9.17) is 8.85 Å². The topological polar surface area (TPSA) is 69.0 Å². The molecule has 4 rings (SSSR count). The first kappa shape index (κ1) is 12.4. The highest BCUT2D eigenvalue weighted by Gasteiger charge is 2.29. The molecule has 0 bridgehead atoms. The van der Waals surface area contributed by atoms with Gasteiger partial charge in [0, 0.05) is 22.4 Å². The molecular formula is C18H17FN4O2. The summed E-state index contributed by atoms with van der Waals surface area (Å²) in [6.45, 7) is -2.55. The van der Waals surface area contributed by atoms with Crippen molar-refractivity contribution >= 4 is 22.6 Å². The first-order valence-corrected chi connectivity index (χ1v) is 7.80. The third kappa shape index (κ3) is 2.82. The average molecular weight is 343 g/mol. The number of hydrogen-bond donors (Lipinski definition) is 1. The van der Waals surface area contributed by atoms with Gasteiger partial charge in [0.05, 0.1) is 36.3 Å². The second-order valence-corrected chi connectivity index (χ2v) is 5.97. The third-order valence-electron chi connectivity index (χ3n) is 4.17. The van der Waals surface area contributed by atoms with E-state index in [9.17, 15) is 9.18 Å². The van der Waals surface area contributed by atoms with Gasteiger partial charge in [0.1, 0.15) is 11.6 Å². The van der Waals surface area contributed by atoms with Gasteiger partial charge in [-0.1, -0.05) is 0 Å². The van der Waals surface area contributed by atoms with Crippen molar-refractivity contribution in [3.05, 3.63) is 36.4 Å². The predicted molar refractivity (Wildman–Crippen MR) is 91.8 cm³/mol. The maximum atomic E-state index is 13.8. The summed E-state index contributed by atoms with van der Waals surface area (Å²) in [5.41, 5.74) is 0.746. The minimum atomic E-state index is -2.55. The molecule has 0 aliphatic heterocycles. The van der Waals surface area contributed by atoms with E-state index < -0.39 is 12.8 Å². The highest BCUT2D eigenvalue weighted by atomic mass is 19.1. The number of amides is 1. The number of methoxy groups -OCH3 is 1. The summed E-state index contributed by atoms with van der Waals surface area (Å²) < 4.78 is 43.8. The first-order valence-electron chi connectivity index (χ1n) is 9.30. The summed E-state index contributed by atoms with van der Waals surface area (Å²) in [6.07, 6.45) is 4.10. The van der Waals surface area contributed by atoms with Crippen molar-refractivity contribution in [1.29, 1.82) is 0 Å². The van der Waals surface area contributed by atoms with E-state index >= 15 is 0 Å². The Morgan fingerprint density at radius 1 is 1.36 bits per heavy atom. The van der Waals surface area contributed by atoms with Crippen LogP contribution in [-0.2, 0) is 11.8 Å². The van der Waals surface area contributed by atoms with Crippen LogP contribution < -0.4 is 10.1 Å². The number of ether oxygens (including phenoxy) is 1. The van der Waals surface area contributed by atoms with Gasteiger partial charge in [-0.25, -0.2) is 14.4 Å². The van der Waals surface area contributed by atoms with Crippen molar-refractivity contribution in [2.45, 2.75) is 12.8 Å². The summed E-state index contributed by atoms with van der Waals surface area (Å²) in [7, 11) is 1.37. The Kier molecular flexibility index (Phi) is 2.90. The van der Waals surface area contributed by atoms with Crippen LogP contribution >= 0.6 is 0 Å². The van der Waals surface area contributed by atoms with Crippen LogP contribution in [0.4, 0.5) is 10.2 Å². The van der Waals surface area contributed by atoms with Crippen molar-refractivity contribution in [3.8, 4) is 17.1 Å². The van der Waals surface area contributed by atoms with Gasteiger partial charge in [0.15, 0.2) is 0 Å². The number of carbonyl (C=O) groups is 1. The fourth-order valence-corrected chi connectivity index (χ4v) is 2.72. The highest BCUT2D eigenvalue weighted by Crippen LogP contribution is 2.34. The molecule has 1 saturated carbocycles. The molecule has 7 heteroatoms. The van der Waals surface area contributed by atoms with Crippen molar-refractivity contribution < 1.29 is 18.0 Å². The molecule has 3 aromatic heterocycles. The molecule has 0 radical (unpaired) electrons. The fraction of sp³-hybridized carbons (Fsp3) is 0.278. The molecule has 25 heavy (non-hydrogen) atoms. The molecule has 1 fully saturated rings. The minimum absolute atomic E-state index is 0.0164. The Labute approximate surface area is 147 Å². The van der Waals surface area contributed by atoms with Crippen LogP contribution in [0.25, 0.3) is 22.2 Å². The molecular weight excluding hydrogens is 323 g/mol. The van der Waals surface area contributed by atoms with Crippen molar-refractivity contribution in [2.75, 3.05) is 12.4 Å². The van der Waals surface area contributed by atoms with Crippen LogP contribution in [-0.4, -0.2) is 27.6 Å². The lowest BCUT2D eigenvalue weighted by Gasteiger charge is -2.08. The Balaban J connectivity index is 1.88. The molecule has 0 aromatic carbocycles. The normalized spacial score (nSPS) is 16.2. The fourth-order valence-electron chi connectivity index (χ4n) is 2.72.